The van der Waals surface area contributed by atoms with Gasteiger partial charge in [-0.05, 0) is 5.92 Å². The molecular weight excluding hydrogens is 246 g/mol. The van der Waals surface area contributed by atoms with Gasteiger partial charge in [-0.15, -0.1) is 0 Å². The number of carbonyl (C=O) groups is 1. The standard InChI is InChI=1S/C14H21NO4/c1-4-9(5-2)8-19-13-6-10(14(16)17)11(15)7-12(13)18-3/h6-7,9H,4-5,8,15H2,1-3H3,(H,16,17). The Bertz CT molecular complexity index is 441. The second-order valence-electron chi connectivity index (χ2n) is 4.39. The van der Waals surface area contributed by atoms with E-state index in [0.717, 1.165) is 12.8 Å². The lowest BCUT2D eigenvalue weighted by Crippen LogP contribution is -2.12. The number of hydrogen-bond acceptors (Lipinski definition) is 4. The maximum absolute atomic E-state index is 11.0. The lowest BCUT2D eigenvalue weighted by Gasteiger charge is -2.16. The number of nitrogens with two attached hydrogens (primary N) is 1. The Morgan fingerprint density at radius 1 is 1.32 bits per heavy atom. The van der Waals surface area contributed by atoms with Crippen molar-refractivity contribution in [1.82, 2.24) is 0 Å². The first-order valence-electron chi connectivity index (χ1n) is 6.37. The highest BCUT2D eigenvalue weighted by Gasteiger charge is 2.15. The zero-order valence-electron chi connectivity index (χ0n) is 11.6. The van der Waals surface area contributed by atoms with Gasteiger partial charge in [-0.3, -0.25) is 0 Å². The molecule has 1 rings (SSSR count). The normalized spacial score (nSPS) is 10.5. The highest BCUT2D eigenvalue weighted by molar-refractivity contribution is 5.94. The van der Waals surface area contributed by atoms with Crippen LogP contribution < -0.4 is 15.2 Å². The molecule has 5 nitrogen and oxygen atoms in total. The van der Waals surface area contributed by atoms with Crippen LogP contribution in [0.2, 0.25) is 0 Å². The molecule has 0 bridgehead atoms. The van der Waals surface area contributed by atoms with Crippen molar-refractivity contribution in [2.45, 2.75) is 26.7 Å². The van der Waals surface area contributed by atoms with E-state index in [-0.39, 0.29) is 11.3 Å². The summed E-state index contributed by atoms with van der Waals surface area (Å²) < 4.78 is 10.8. The van der Waals surface area contributed by atoms with Gasteiger partial charge in [0.25, 0.3) is 0 Å². The summed E-state index contributed by atoms with van der Waals surface area (Å²) in [5, 5.41) is 9.05. The molecule has 0 heterocycles. The molecule has 19 heavy (non-hydrogen) atoms. The van der Waals surface area contributed by atoms with Gasteiger partial charge in [0.05, 0.1) is 25.0 Å². The quantitative estimate of drug-likeness (QED) is 0.742. The first-order valence-corrected chi connectivity index (χ1v) is 6.37. The minimum absolute atomic E-state index is 0.0281. The summed E-state index contributed by atoms with van der Waals surface area (Å²) in [5.74, 6) is 0.234. The SMILES string of the molecule is CCC(CC)COc1cc(C(=O)O)c(N)cc1OC. The Labute approximate surface area is 113 Å². The van der Waals surface area contributed by atoms with Crippen LogP contribution in [0.15, 0.2) is 12.1 Å². The van der Waals surface area contributed by atoms with Gasteiger partial charge in [0, 0.05) is 12.1 Å². The molecule has 1 aromatic rings. The largest absolute Gasteiger partial charge is 0.493 e. The Morgan fingerprint density at radius 3 is 2.42 bits per heavy atom. The minimum Gasteiger partial charge on any atom is -0.493 e. The average molecular weight is 267 g/mol. The third kappa shape index (κ3) is 3.77. The number of hydrogen-bond donors (Lipinski definition) is 2. The Hall–Kier alpha value is -1.91. The van der Waals surface area contributed by atoms with E-state index in [4.69, 9.17) is 20.3 Å². The monoisotopic (exact) mass is 267 g/mol. The number of carboxylic acids is 1. The number of aromatic carboxylic acids is 1. The van der Waals surface area contributed by atoms with Crippen LogP contribution in [0, 0.1) is 5.92 Å². The molecule has 106 valence electrons. The summed E-state index contributed by atoms with van der Waals surface area (Å²) in [6.07, 6.45) is 2.03. The molecule has 5 heteroatoms. The first-order chi connectivity index (χ1) is 9.03. The maximum Gasteiger partial charge on any atom is 0.337 e. The van der Waals surface area contributed by atoms with Crippen LogP contribution in [0.25, 0.3) is 0 Å². The second-order valence-corrected chi connectivity index (χ2v) is 4.39. The number of benzene rings is 1. The van der Waals surface area contributed by atoms with Gasteiger partial charge in [-0.2, -0.15) is 0 Å². The zero-order chi connectivity index (χ0) is 14.4. The molecule has 0 aliphatic heterocycles. The van der Waals surface area contributed by atoms with Gasteiger partial charge in [-0.1, -0.05) is 26.7 Å². The highest BCUT2D eigenvalue weighted by atomic mass is 16.5. The molecule has 0 saturated heterocycles. The summed E-state index contributed by atoms with van der Waals surface area (Å²) in [6.45, 7) is 4.73. The van der Waals surface area contributed by atoms with E-state index in [0.29, 0.717) is 24.0 Å². The Kier molecular flexibility index (Phi) is 5.48. The predicted molar refractivity (Wildman–Crippen MR) is 73.9 cm³/mol. The predicted octanol–water partition coefficient (Wildman–Crippen LogP) is 2.79. The molecule has 3 N–H and O–H groups in total. The molecule has 0 radical (unpaired) electrons. The summed E-state index contributed by atoms with van der Waals surface area (Å²) in [5.41, 5.74) is 5.85. The van der Waals surface area contributed by atoms with Gasteiger partial charge in [0.1, 0.15) is 0 Å². The van der Waals surface area contributed by atoms with E-state index < -0.39 is 5.97 Å². The Morgan fingerprint density at radius 2 is 1.95 bits per heavy atom. The number of rotatable bonds is 7. The van der Waals surface area contributed by atoms with Crippen LogP contribution in [0.3, 0.4) is 0 Å². The van der Waals surface area contributed by atoms with Gasteiger partial charge >= 0.3 is 5.97 Å². The number of methoxy groups -OCH3 is 1. The molecule has 0 spiro atoms. The van der Waals surface area contributed by atoms with Gasteiger partial charge in [0.2, 0.25) is 0 Å². The fourth-order valence-electron chi connectivity index (χ4n) is 1.77. The fraction of sp³-hybridized carbons (Fsp3) is 0.500. The van der Waals surface area contributed by atoms with Crippen LogP contribution in [-0.4, -0.2) is 24.8 Å². The molecule has 0 amide bonds. The van der Waals surface area contributed by atoms with Crippen molar-refractivity contribution in [3.63, 3.8) is 0 Å². The smallest absolute Gasteiger partial charge is 0.337 e. The number of nitrogen functional groups attached to an aromatic ring is 1. The van der Waals surface area contributed by atoms with Crippen molar-refractivity contribution in [3.05, 3.63) is 17.7 Å². The molecule has 0 fully saturated rings. The number of carboxylic acid groups (broad SMARTS) is 1. The third-order valence-corrected chi connectivity index (χ3v) is 3.20. The van der Waals surface area contributed by atoms with Crippen molar-refractivity contribution in [3.8, 4) is 11.5 Å². The number of anilines is 1. The molecule has 0 aliphatic rings. The molecule has 0 saturated carbocycles. The first kappa shape index (κ1) is 15.1. The topological polar surface area (TPSA) is 81.8 Å². The molecule has 0 atom stereocenters. The third-order valence-electron chi connectivity index (χ3n) is 3.20. The van der Waals surface area contributed by atoms with Gasteiger partial charge in [0.15, 0.2) is 11.5 Å². The van der Waals surface area contributed by atoms with Crippen molar-refractivity contribution < 1.29 is 19.4 Å². The van der Waals surface area contributed by atoms with Crippen LogP contribution in [0.5, 0.6) is 11.5 Å². The number of ether oxygens (including phenoxy) is 2. The van der Waals surface area contributed by atoms with Crippen molar-refractivity contribution >= 4 is 11.7 Å². The van der Waals surface area contributed by atoms with Crippen molar-refractivity contribution in [1.29, 1.82) is 0 Å². The van der Waals surface area contributed by atoms with E-state index in [1.54, 1.807) is 0 Å². The lowest BCUT2D eigenvalue weighted by molar-refractivity contribution is 0.0697. The molecule has 0 aliphatic carbocycles. The van der Waals surface area contributed by atoms with Crippen LogP contribution in [-0.2, 0) is 0 Å². The molecule has 0 unspecified atom stereocenters. The molecular formula is C14H21NO4. The summed E-state index contributed by atoms with van der Waals surface area (Å²) in [7, 11) is 1.50. The van der Waals surface area contributed by atoms with E-state index in [1.165, 1.54) is 19.2 Å². The molecule has 1 aromatic carbocycles. The van der Waals surface area contributed by atoms with E-state index in [2.05, 4.69) is 13.8 Å². The van der Waals surface area contributed by atoms with E-state index in [1.807, 2.05) is 0 Å². The lowest BCUT2D eigenvalue weighted by atomic mass is 10.1. The summed E-state index contributed by atoms with van der Waals surface area (Å²) in [6, 6.07) is 2.89. The van der Waals surface area contributed by atoms with Crippen LogP contribution in [0.1, 0.15) is 37.0 Å². The highest BCUT2D eigenvalue weighted by Crippen LogP contribution is 2.32. The van der Waals surface area contributed by atoms with Crippen LogP contribution >= 0.6 is 0 Å². The minimum atomic E-state index is -1.08. The van der Waals surface area contributed by atoms with Crippen molar-refractivity contribution in [2.24, 2.45) is 5.92 Å². The summed E-state index contributed by atoms with van der Waals surface area (Å²) in [4.78, 5) is 11.0. The zero-order valence-corrected chi connectivity index (χ0v) is 11.6. The van der Waals surface area contributed by atoms with Gasteiger partial charge < -0.3 is 20.3 Å². The fourth-order valence-corrected chi connectivity index (χ4v) is 1.77. The Balaban J connectivity index is 2.97. The second kappa shape index (κ2) is 6.87. The van der Waals surface area contributed by atoms with E-state index in [9.17, 15) is 4.79 Å². The summed E-state index contributed by atoms with van der Waals surface area (Å²) >= 11 is 0. The average Bonchev–Trinajstić information content (AvgIpc) is 2.40. The van der Waals surface area contributed by atoms with Gasteiger partial charge in [-0.25, -0.2) is 4.79 Å². The van der Waals surface area contributed by atoms with E-state index >= 15 is 0 Å². The molecule has 0 aromatic heterocycles. The van der Waals surface area contributed by atoms with Crippen molar-refractivity contribution in [2.75, 3.05) is 19.5 Å². The maximum atomic E-state index is 11.0. The van der Waals surface area contributed by atoms with Crippen LogP contribution in [0.4, 0.5) is 5.69 Å².